The standard InChI is InChI=1S/C4H6O3S/c1-2-3-4-8(5,6)7/h2,4H,1H3,(H,5,6,7). The molecule has 0 saturated carbocycles. The summed E-state index contributed by atoms with van der Waals surface area (Å²) in [5.74, 6) is 0. The fourth-order valence-corrected chi connectivity index (χ4v) is 0.462. The molecule has 0 bridgehead atoms. The van der Waals surface area contributed by atoms with E-state index >= 15 is 0 Å². The number of rotatable bonds is 1. The van der Waals surface area contributed by atoms with Gasteiger partial charge in [0.1, 0.15) is 0 Å². The minimum absolute atomic E-state index is 0.590. The van der Waals surface area contributed by atoms with Gasteiger partial charge in [-0.2, -0.15) is 8.42 Å². The van der Waals surface area contributed by atoms with Crippen LogP contribution in [0.3, 0.4) is 0 Å². The van der Waals surface area contributed by atoms with Crippen molar-refractivity contribution < 1.29 is 13.0 Å². The zero-order valence-electron chi connectivity index (χ0n) is 4.33. The van der Waals surface area contributed by atoms with Gasteiger partial charge in [-0.3, -0.25) is 4.55 Å². The lowest BCUT2D eigenvalue weighted by Crippen LogP contribution is -1.87. The highest BCUT2D eigenvalue weighted by Crippen LogP contribution is 1.79. The third kappa shape index (κ3) is 5.43. The van der Waals surface area contributed by atoms with Crippen LogP contribution in [0.15, 0.2) is 17.2 Å². The highest BCUT2D eigenvalue weighted by atomic mass is 32.2. The van der Waals surface area contributed by atoms with Crippen LogP contribution < -0.4 is 0 Å². The number of hydrogen-bond donors (Lipinski definition) is 1. The Labute approximate surface area is 48.1 Å². The summed E-state index contributed by atoms with van der Waals surface area (Å²) in [5, 5.41) is 0.590. The molecule has 0 fully saturated rings. The smallest absolute Gasteiger partial charge is 0.282 e. The Hall–Kier alpha value is -0.570. The summed E-state index contributed by atoms with van der Waals surface area (Å²) in [4.78, 5) is 0. The lowest BCUT2D eigenvalue weighted by Gasteiger charge is -1.74. The Kier molecular flexibility index (Phi) is 2.48. The third-order valence-corrected chi connectivity index (χ3v) is 0.818. The van der Waals surface area contributed by atoms with Gasteiger partial charge in [0.05, 0.1) is 5.41 Å². The van der Waals surface area contributed by atoms with Crippen molar-refractivity contribution in [1.82, 2.24) is 0 Å². The molecule has 0 aromatic carbocycles. The van der Waals surface area contributed by atoms with E-state index in [2.05, 4.69) is 5.73 Å². The molecular formula is C4H6O3S. The molecule has 0 unspecified atom stereocenters. The zero-order valence-corrected chi connectivity index (χ0v) is 5.14. The highest BCUT2D eigenvalue weighted by molar-refractivity contribution is 7.88. The lowest BCUT2D eigenvalue weighted by atomic mass is 10.7. The predicted octanol–water partition coefficient (Wildman–Crippen LogP) is 0.563. The predicted molar refractivity (Wildman–Crippen MR) is 29.9 cm³/mol. The molecule has 1 N–H and O–H groups in total. The first-order chi connectivity index (χ1) is 3.56. The average Bonchev–Trinajstić information content (AvgIpc) is 1.59. The van der Waals surface area contributed by atoms with Crippen LogP contribution in [0.2, 0.25) is 0 Å². The van der Waals surface area contributed by atoms with Crippen LogP contribution in [-0.2, 0) is 10.1 Å². The van der Waals surface area contributed by atoms with Crippen LogP contribution in [0.25, 0.3) is 0 Å². The van der Waals surface area contributed by atoms with Gasteiger partial charge in [-0.15, -0.1) is 5.73 Å². The average molecular weight is 134 g/mol. The van der Waals surface area contributed by atoms with Gasteiger partial charge in [-0.05, 0) is 13.0 Å². The topological polar surface area (TPSA) is 54.4 Å². The Bertz CT molecular complexity index is 205. The van der Waals surface area contributed by atoms with Gasteiger partial charge in [0, 0.05) is 0 Å². The largest absolute Gasteiger partial charge is 0.294 e. The van der Waals surface area contributed by atoms with E-state index in [-0.39, 0.29) is 0 Å². The van der Waals surface area contributed by atoms with Crippen LogP contribution in [-0.4, -0.2) is 13.0 Å². The first-order valence-electron chi connectivity index (χ1n) is 1.91. The molecular weight excluding hydrogens is 128 g/mol. The first kappa shape index (κ1) is 7.43. The van der Waals surface area contributed by atoms with E-state index in [9.17, 15) is 8.42 Å². The molecule has 0 atom stereocenters. The molecule has 0 radical (unpaired) electrons. The van der Waals surface area contributed by atoms with Crippen molar-refractivity contribution in [3.05, 3.63) is 17.2 Å². The van der Waals surface area contributed by atoms with Crippen molar-refractivity contribution in [2.24, 2.45) is 0 Å². The maximum absolute atomic E-state index is 9.81. The molecule has 0 rings (SSSR count). The normalized spacial score (nSPS) is 9.75. The highest BCUT2D eigenvalue weighted by Gasteiger charge is 1.90. The molecule has 3 nitrogen and oxygen atoms in total. The summed E-state index contributed by atoms with van der Waals surface area (Å²) in [6.45, 7) is 1.60. The second-order valence-electron chi connectivity index (χ2n) is 1.09. The number of hydrogen-bond acceptors (Lipinski definition) is 2. The van der Waals surface area contributed by atoms with Crippen LogP contribution in [0, 0.1) is 0 Å². The SMILES string of the molecule is CC=C=CS(=O)(=O)O. The second-order valence-corrected chi connectivity index (χ2v) is 2.35. The van der Waals surface area contributed by atoms with E-state index in [4.69, 9.17) is 4.55 Å². The molecule has 0 amide bonds. The maximum atomic E-state index is 9.81. The van der Waals surface area contributed by atoms with Gasteiger partial charge in [0.2, 0.25) is 0 Å². The third-order valence-electron chi connectivity index (χ3n) is 0.384. The Morgan fingerprint density at radius 3 is 2.25 bits per heavy atom. The molecule has 0 spiro atoms. The second kappa shape index (κ2) is 2.67. The summed E-state index contributed by atoms with van der Waals surface area (Å²) < 4.78 is 27.6. The van der Waals surface area contributed by atoms with Crippen molar-refractivity contribution in [1.29, 1.82) is 0 Å². The molecule has 0 aromatic rings. The molecule has 0 aliphatic rings. The molecule has 0 aliphatic heterocycles. The molecule has 4 heteroatoms. The Morgan fingerprint density at radius 1 is 1.62 bits per heavy atom. The van der Waals surface area contributed by atoms with Crippen LogP contribution in [0.4, 0.5) is 0 Å². The summed E-state index contributed by atoms with van der Waals surface area (Å²) in [5.41, 5.74) is 2.20. The van der Waals surface area contributed by atoms with Crippen molar-refractivity contribution in [2.75, 3.05) is 0 Å². The van der Waals surface area contributed by atoms with E-state index in [0.717, 1.165) is 0 Å². The van der Waals surface area contributed by atoms with Gasteiger partial charge in [-0.1, -0.05) is 0 Å². The Morgan fingerprint density at radius 2 is 2.12 bits per heavy atom. The van der Waals surface area contributed by atoms with E-state index in [1.54, 1.807) is 6.92 Å². The molecule has 0 aromatic heterocycles. The minimum Gasteiger partial charge on any atom is -0.282 e. The first-order valence-corrected chi connectivity index (χ1v) is 3.41. The van der Waals surface area contributed by atoms with Crippen LogP contribution in [0.5, 0.6) is 0 Å². The van der Waals surface area contributed by atoms with Crippen LogP contribution in [0.1, 0.15) is 6.92 Å². The van der Waals surface area contributed by atoms with E-state index in [1.807, 2.05) is 0 Å². The van der Waals surface area contributed by atoms with Crippen molar-refractivity contribution >= 4 is 10.1 Å². The van der Waals surface area contributed by atoms with Crippen LogP contribution >= 0.6 is 0 Å². The quantitative estimate of drug-likeness (QED) is 0.421. The zero-order chi connectivity index (χ0) is 6.62. The van der Waals surface area contributed by atoms with Gasteiger partial charge in [0.15, 0.2) is 0 Å². The van der Waals surface area contributed by atoms with E-state index in [1.165, 1.54) is 6.08 Å². The fraction of sp³-hybridized carbons (Fsp3) is 0.250. The van der Waals surface area contributed by atoms with Crippen molar-refractivity contribution in [3.8, 4) is 0 Å². The summed E-state index contributed by atoms with van der Waals surface area (Å²) in [6, 6.07) is 0. The molecule has 0 aliphatic carbocycles. The summed E-state index contributed by atoms with van der Waals surface area (Å²) in [6.07, 6.45) is 1.38. The van der Waals surface area contributed by atoms with Gasteiger partial charge in [0.25, 0.3) is 10.1 Å². The minimum atomic E-state index is -3.95. The molecule has 0 saturated heterocycles. The van der Waals surface area contributed by atoms with Gasteiger partial charge >= 0.3 is 0 Å². The van der Waals surface area contributed by atoms with Crippen molar-refractivity contribution in [2.45, 2.75) is 6.92 Å². The lowest BCUT2D eigenvalue weighted by molar-refractivity contribution is 0.494. The molecule has 0 heterocycles. The van der Waals surface area contributed by atoms with Gasteiger partial charge in [-0.25, -0.2) is 0 Å². The molecule has 8 heavy (non-hydrogen) atoms. The fourth-order valence-electron chi connectivity index (χ4n) is 0.154. The van der Waals surface area contributed by atoms with Gasteiger partial charge < -0.3 is 0 Å². The monoisotopic (exact) mass is 134 g/mol. The van der Waals surface area contributed by atoms with E-state index < -0.39 is 10.1 Å². The molecule has 46 valence electrons. The summed E-state index contributed by atoms with van der Waals surface area (Å²) >= 11 is 0. The maximum Gasteiger partial charge on any atom is 0.294 e. The Balaban J connectivity index is 4.37. The van der Waals surface area contributed by atoms with Crippen molar-refractivity contribution in [3.63, 3.8) is 0 Å². The van der Waals surface area contributed by atoms with E-state index in [0.29, 0.717) is 5.41 Å². The number of allylic oxidation sites excluding steroid dienone is 1. The summed E-state index contributed by atoms with van der Waals surface area (Å²) in [7, 11) is -3.95.